The minimum atomic E-state index is -0.276. The maximum absolute atomic E-state index is 13.6. The van der Waals surface area contributed by atoms with E-state index in [1.54, 1.807) is 12.1 Å². The highest BCUT2D eigenvalue weighted by molar-refractivity contribution is 5.70. The molecule has 0 spiro atoms. The minimum Gasteiger partial charge on any atom is -0.449 e. The predicted octanol–water partition coefficient (Wildman–Crippen LogP) is 6.29. The van der Waals surface area contributed by atoms with Gasteiger partial charge in [0.1, 0.15) is 5.82 Å². The molecular weight excluding hydrogens is 403 g/mol. The molecule has 1 aromatic carbocycles. The summed E-state index contributed by atoms with van der Waals surface area (Å²) in [5, 5.41) is 0. The molecule has 0 bridgehead atoms. The van der Waals surface area contributed by atoms with Crippen molar-refractivity contribution in [2.75, 3.05) is 13.2 Å². The van der Waals surface area contributed by atoms with Gasteiger partial charge in [-0.1, -0.05) is 62.5 Å². The molecule has 0 saturated heterocycles. The van der Waals surface area contributed by atoms with Gasteiger partial charge in [-0.25, -0.2) is 9.18 Å². The van der Waals surface area contributed by atoms with Crippen molar-refractivity contribution in [1.82, 2.24) is 4.90 Å². The minimum absolute atomic E-state index is 0.215. The highest BCUT2D eigenvalue weighted by Gasteiger charge is 2.36. The number of unbranched alkanes of at least 4 members (excludes halogenated alkanes) is 3. The molecule has 32 heavy (non-hydrogen) atoms. The number of benzene rings is 1. The van der Waals surface area contributed by atoms with Crippen molar-refractivity contribution < 1.29 is 13.9 Å². The smallest absolute Gasteiger partial charge is 0.410 e. The molecule has 5 heteroatoms. The van der Waals surface area contributed by atoms with Crippen LogP contribution in [0.2, 0.25) is 0 Å². The zero-order chi connectivity index (χ0) is 22.5. The van der Waals surface area contributed by atoms with E-state index in [0.717, 1.165) is 31.2 Å². The van der Waals surface area contributed by atoms with Crippen LogP contribution in [0.5, 0.6) is 0 Å². The van der Waals surface area contributed by atoms with Crippen LogP contribution in [0, 0.1) is 17.7 Å². The number of nitrogens with zero attached hydrogens (tertiary/aromatic N) is 1. The lowest BCUT2D eigenvalue weighted by Crippen LogP contribution is -2.43. The summed E-state index contributed by atoms with van der Waals surface area (Å²) < 4.78 is 19.3. The number of hydrogen-bond acceptors (Lipinski definition) is 3. The van der Waals surface area contributed by atoms with Gasteiger partial charge in [-0.05, 0) is 67.2 Å². The first-order valence-corrected chi connectivity index (χ1v) is 12.4. The lowest BCUT2D eigenvalue weighted by molar-refractivity contribution is 0.0575. The maximum atomic E-state index is 13.6. The topological polar surface area (TPSA) is 55.6 Å². The van der Waals surface area contributed by atoms with Crippen LogP contribution in [0.15, 0.2) is 47.6 Å². The average molecular weight is 441 g/mol. The van der Waals surface area contributed by atoms with Crippen LogP contribution in [-0.4, -0.2) is 30.2 Å². The molecule has 1 saturated carbocycles. The van der Waals surface area contributed by atoms with Gasteiger partial charge in [0.05, 0.1) is 12.6 Å². The van der Waals surface area contributed by atoms with E-state index in [1.807, 2.05) is 4.90 Å². The summed E-state index contributed by atoms with van der Waals surface area (Å²) in [6, 6.07) is 6.58. The molecule has 174 valence electrons. The van der Waals surface area contributed by atoms with Gasteiger partial charge in [0, 0.05) is 12.6 Å². The van der Waals surface area contributed by atoms with Gasteiger partial charge >= 0.3 is 6.09 Å². The third kappa shape index (κ3) is 5.43. The molecular formula is C27H37FN2O2. The predicted molar refractivity (Wildman–Crippen MR) is 126 cm³/mol. The zero-order valence-corrected chi connectivity index (χ0v) is 19.3. The number of rotatable bonds is 8. The van der Waals surface area contributed by atoms with Crippen LogP contribution in [0.4, 0.5) is 9.18 Å². The summed E-state index contributed by atoms with van der Waals surface area (Å²) in [4.78, 5) is 14.9. The first-order valence-electron chi connectivity index (χ1n) is 12.4. The molecule has 2 aliphatic carbocycles. The van der Waals surface area contributed by atoms with Crippen LogP contribution in [0.25, 0.3) is 0 Å². The fraction of sp³-hybridized carbons (Fsp3) is 0.593. The molecule has 1 aliphatic heterocycles. The van der Waals surface area contributed by atoms with Gasteiger partial charge in [-0.3, -0.25) is 4.90 Å². The molecule has 1 aromatic rings. The van der Waals surface area contributed by atoms with Crippen molar-refractivity contribution >= 4 is 6.09 Å². The Bertz CT molecular complexity index is 842. The highest BCUT2D eigenvalue weighted by atomic mass is 19.1. The highest BCUT2D eigenvalue weighted by Crippen LogP contribution is 2.42. The van der Waals surface area contributed by atoms with Gasteiger partial charge in [0.2, 0.25) is 0 Å². The van der Waals surface area contributed by atoms with Gasteiger partial charge in [0.15, 0.2) is 0 Å². The Kier molecular flexibility index (Phi) is 7.67. The second-order valence-electron chi connectivity index (χ2n) is 9.80. The fourth-order valence-corrected chi connectivity index (χ4v) is 5.37. The van der Waals surface area contributed by atoms with Crippen LogP contribution in [0.3, 0.4) is 0 Å². The molecule has 1 heterocycles. The number of carbonyl (C=O) groups is 1. The molecule has 0 aromatic heterocycles. The summed E-state index contributed by atoms with van der Waals surface area (Å²) in [7, 11) is 0. The fourth-order valence-electron chi connectivity index (χ4n) is 5.37. The number of halogens is 1. The zero-order valence-electron chi connectivity index (χ0n) is 19.3. The molecule has 4 rings (SSSR count). The second kappa shape index (κ2) is 10.7. The van der Waals surface area contributed by atoms with Gasteiger partial charge in [-0.2, -0.15) is 0 Å². The van der Waals surface area contributed by atoms with Crippen LogP contribution in [-0.2, 0) is 4.74 Å². The van der Waals surface area contributed by atoms with Crippen molar-refractivity contribution in [1.29, 1.82) is 0 Å². The van der Waals surface area contributed by atoms with E-state index in [4.69, 9.17) is 10.5 Å². The molecule has 2 N–H and O–H groups in total. The average Bonchev–Trinajstić information content (AvgIpc) is 2.78. The third-order valence-electron chi connectivity index (χ3n) is 7.29. The Hall–Kier alpha value is -2.14. The summed E-state index contributed by atoms with van der Waals surface area (Å²) >= 11 is 0. The summed E-state index contributed by atoms with van der Waals surface area (Å²) in [6.07, 6.45) is 14.4. The van der Waals surface area contributed by atoms with Crippen molar-refractivity contribution in [2.24, 2.45) is 17.6 Å². The quantitative estimate of drug-likeness (QED) is 0.483. The molecule has 3 aliphatic rings. The Labute approximate surface area is 191 Å². The van der Waals surface area contributed by atoms with Crippen molar-refractivity contribution in [2.45, 2.75) is 76.8 Å². The van der Waals surface area contributed by atoms with E-state index in [9.17, 15) is 9.18 Å². The van der Waals surface area contributed by atoms with Crippen molar-refractivity contribution in [3.05, 3.63) is 58.9 Å². The first-order chi connectivity index (χ1) is 15.5. The van der Waals surface area contributed by atoms with Gasteiger partial charge in [0.25, 0.3) is 0 Å². The number of allylic oxidation sites excluding steroid dienone is 1. The summed E-state index contributed by atoms with van der Waals surface area (Å²) in [5.41, 5.74) is 9.43. The molecule has 1 unspecified atom stereocenters. The van der Waals surface area contributed by atoms with E-state index >= 15 is 0 Å². The number of amides is 1. The molecule has 2 atom stereocenters. The Morgan fingerprint density at radius 2 is 1.97 bits per heavy atom. The maximum Gasteiger partial charge on any atom is 0.410 e. The lowest BCUT2D eigenvalue weighted by Gasteiger charge is -2.40. The van der Waals surface area contributed by atoms with Crippen LogP contribution in [0.1, 0.15) is 76.3 Å². The lowest BCUT2D eigenvalue weighted by atomic mass is 9.79. The van der Waals surface area contributed by atoms with Crippen molar-refractivity contribution in [3.63, 3.8) is 0 Å². The monoisotopic (exact) mass is 440 g/mol. The summed E-state index contributed by atoms with van der Waals surface area (Å²) in [5.74, 6) is 0.696. The first kappa shape index (κ1) is 23.0. The summed E-state index contributed by atoms with van der Waals surface area (Å²) in [6.45, 7) is 3.31. The SMILES string of the molecule is CCCCCCC1C=CC2=C(CCN(C(=O)OCC3CC(N)C3)[C@H]2c2ccc(F)cc2)C1. The standard InChI is InChI=1S/C27H37FN2O2/c1-2-3-4-5-6-19-7-12-25-22(15-19)13-14-30(26(25)21-8-10-23(28)11-9-21)27(31)32-18-20-16-24(29)17-20/h7-12,19-20,24,26H,2-6,13-18,29H2,1H3/t19?,20?,24?,26-/m0/s1. The third-order valence-corrected chi connectivity index (χ3v) is 7.29. The molecule has 1 amide bonds. The van der Waals surface area contributed by atoms with Crippen LogP contribution < -0.4 is 5.73 Å². The van der Waals surface area contributed by atoms with E-state index in [1.165, 1.54) is 55.4 Å². The van der Waals surface area contributed by atoms with E-state index in [0.29, 0.717) is 25.0 Å². The molecule has 4 nitrogen and oxygen atoms in total. The second-order valence-corrected chi connectivity index (χ2v) is 9.80. The molecule has 0 radical (unpaired) electrons. The molecule has 1 fully saturated rings. The van der Waals surface area contributed by atoms with E-state index in [-0.39, 0.29) is 24.0 Å². The van der Waals surface area contributed by atoms with Crippen LogP contribution >= 0.6 is 0 Å². The van der Waals surface area contributed by atoms with Gasteiger partial charge < -0.3 is 10.5 Å². The number of nitrogens with two attached hydrogens (primary N) is 1. The Morgan fingerprint density at radius 1 is 1.19 bits per heavy atom. The number of ether oxygens (including phenoxy) is 1. The largest absolute Gasteiger partial charge is 0.449 e. The number of carbonyl (C=O) groups excluding carboxylic acids is 1. The Morgan fingerprint density at radius 3 is 2.69 bits per heavy atom. The normalized spacial score (nSPS) is 27.2. The van der Waals surface area contributed by atoms with Crippen molar-refractivity contribution in [3.8, 4) is 0 Å². The number of hydrogen-bond donors (Lipinski definition) is 1. The van der Waals surface area contributed by atoms with E-state index < -0.39 is 0 Å². The van der Waals surface area contributed by atoms with Gasteiger partial charge in [-0.15, -0.1) is 0 Å². The van der Waals surface area contributed by atoms with E-state index in [2.05, 4.69) is 19.1 Å². The Balaban J connectivity index is 1.48.